The molecule has 1 aromatic heterocycles. The molecule has 0 radical (unpaired) electrons. The molecule has 0 bridgehead atoms. The highest BCUT2D eigenvalue weighted by molar-refractivity contribution is 5.79. The standard InChI is InChI=1S/C13H20N2O4/c1-4-18-13(17)6-5-7-14-12(16)8-11-9(2)15-19-10(11)3/h4-8H2,1-3H3,(H,14,16). The molecule has 6 nitrogen and oxygen atoms in total. The Morgan fingerprint density at radius 3 is 2.68 bits per heavy atom. The Balaban J connectivity index is 2.24. The fourth-order valence-corrected chi connectivity index (χ4v) is 1.67. The van der Waals surface area contributed by atoms with Crippen LogP contribution in [-0.4, -0.2) is 30.2 Å². The average Bonchev–Trinajstić information content (AvgIpc) is 2.67. The quantitative estimate of drug-likeness (QED) is 0.595. The molecule has 0 unspecified atom stereocenters. The molecule has 0 saturated heterocycles. The van der Waals surface area contributed by atoms with E-state index in [1.54, 1.807) is 20.8 Å². The van der Waals surface area contributed by atoms with Gasteiger partial charge < -0.3 is 14.6 Å². The maximum Gasteiger partial charge on any atom is 0.305 e. The van der Waals surface area contributed by atoms with Gasteiger partial charge in [-0.05, 0) is 27.2 Å². The van der Waals surface area contributed by atoms with Crippen LogP contribution in [0.1, 0.15) is 36.8 Å². The number of hydrogen-bond acceptors (Lipinski definition) is 5. The first-order valence-corrected chi connectivity index (χ1v) is 6.38. The lowest BCUT2D eigenvalue weighted by atomic mass is 10.1. The smallest absolute Gasteiger partial charge is 0.305 e. The van der Waals surface area contributed by atoms with Crippen molar-refractivity contribution in [2.45, 2.75) is 40.0 Å². The van der Waals surface area contributed by atoms with Gasteiger partial charge in [0.05, 0.1) is 18.7 Å². The molecule has 0 fully saturated rings. The van der Waals surface area contributed by atoms with Crippen molar-refractivity contribution in [3.05, 3.63) is 17.0 Å². The summed E-state index contributed by atoms with van der Waals surface area (Å²) in [4.78, 5) is 22.8. The van der Waals surface area contributed by atoms with E-state index in [9.17, 15) is 9.59 Å². The van der Waals surface area contributed by atoms with Crippen molar-refractivity contribution in [1.82, 2.24) is 10.5 Å². The van der Waals surface area contributed by atoms with Crippen molar-refractivity contribution in [3.63, 3.8) is 0 Å². The Morgan fingerprint density at radius 1 is 1.37 bits per heavy atom. The van der Waals surface area contributed by atoms with Gasteiger partial charge in [-0.3, -0.25) is 9.59 Å². The van der Waals surface area contributed by atoms with Crippen LogP contribution < -0.4 is 5.32 Å². The van der Waals surface area contributed by atoms with E-state index in [-0.39, 0.29) is 18.3 Å². The Hall–Kier alpha value is -1.85. The van der Waals surface area contributed by atoms with Gasteiger partial charge >= 0.3 is 5.97 Å². The second-order valence-corrected chi connectivity index (χ2v) is 4.24. The van der Waals surface area contributed by atoms with Crippen LogP contribution in [-0.2, 0) is 20.7 Å². The second kappa shape index (κ2) is 7.56. The predicted molar refractivity (Wildman–Crippen MR) is 68.6 cm³/mol. The number of aromatic nitrogens is 1. The topological polar surface area (TPSA) is 81.4 Å². The monoisotopic (exact) mass is 268 g/mol. The van der Waals surface area contributed by atoms with E-state index < -0.39 is 0 Å². The molecule has 0 aliphatic carbocycles. The normalized spacial score (nSPS) is 10.3. The lowest BCUT2D eigenvalue weighted by Gasteiger charge is -2.05. The summed E-state index contributed by atoms with van der Waals surface area (Å²) in [5, 5.41) is 6.55. The van der Waals surface area contributed by atoms with E-state index in [2.05, 4.69) is 10.5 Å². The number of hydrogen-bond donors (Lipinski definition) is 1. The number of carbonyl (C=O) groups excluding carboxylic acids is 2. The number of carbonyl (C=O) groups is 2. The fraction of sp³-hybridized carbons (Fsp3) is 0.615. The van der Waals surface area contributed by atoms with Gasteiger partial charge in [0.15, 0.2) is 0 Å². The van der Waals surface area contributed by atoms with Gasteiger partial charge in [-0.1, -0.05) is 5.16 Å². The van der Waals surface area contributed by atoms with E-state index in [1.807, 2.05) is 0 Å². The Morgan fingerprint density at radius 2 is 2.11 bits per heavy atom. The van der Waals surface area contributed by atoms with Crippen LogP contribution in [0.5, 0.6) is 0 Å². The first-order chi connectivity index (χ1) is 9.04. The third-order valence-electron chi connectivity index (χ3n) is 2.70. The maximum atomic E-state index is 11.7. The second-order valence-electron chi connectivity index (χ2n) is 4.24. The maximum absolute atomic E-state index is 11.7. The predicted octanol–water partition coefficient (Wildman–Crippen LogP) is 1.29. The zero-order valence-electron chi connectivity index (χ0n) is 11.6. The van der Waals surface area contributed by atoms with Crippen molar-refractivity contribution in [2.75, 3.05) is 13.2 Å². The molecule has 1 heterocycles. The Kier molecular flexibility index (Phi) is 6.05. The summed E-state index contributed by atoms with van der Waals surface area (Å²) in [7, 11) is 0. The fourth-order valence-electron chi connectivity index (χ4n) is 1.67. The lowest BCUT2D eigenvalue weighted by Crippen LogP contribution is -2.27. The minimum atomic E-state index is -0.234. The van der Waals surface area contributed by atoms with Gasteiger partial charge in [0.25, 0.3) is 0 Å². The summed E-state index contributed by atoms with van der Waals surface area (Å²) in [6, 6.07) is 0. The summed E-state index contributed by atoms with van der Waals surface area (Å²) >= 11 is 0. The number of nitrogens with one attached hydrogen (secondary N) is 1. The van der Waals surface area contributed by atoms with Crippen LogP contribution in [0, 0.1) is 13.8 Å². The van der Waals surface area contributed by atoms with Crippen molar-refractivity contribution >= 4 is 11.9 Å². The van der Waals surface area contributed by atoms with Gasteiger partial charge in [-0.15, -0.1) is 0 Å². The van der Waals surface area contributed by atoms with E-state index in [0.717, 1.165) is 11.3 Å². The Bertz CT molecular complexity index is 420. The number of rotatable bonds is 7. The van der Waals surface area contributed by atoms with Gasteiger partial charge in [0, 0.05) is 18.5 Å². The van der Waals surface area contributed by atoms with Crippen LogP contribution in [0.3, 0.4) is 0 Å². The molecule has 0 spiro atoms. The highest BCUT2D eigenvalue weighted by Gasteiger charge is 2.13. The minimum Gasteiger partial charge on any atom is -0.466 e. The SMILES string of the molecule is CCOC(=O)CCCNC(=O)Cc1c(C)noc1C. The van der Waals surface area contributed by atoms with Crippen LogP contribution >= 0.6 is 0 Å². The highest BCUT2D eigenvalue weighted by Crippen LogP contribution is 2.12. The summed E-state index contributed by atoms with van der Waals surface area (Å²) in [6.45, 7) is 6.20. The van der Waals surface area contributed by atoms with E-state index in [0.29, 0.717) is 31.8 Å². The molecule has 106 valence electrons. The third-order valence-corrected chi connectivity index (χ3v) is 2.70. The van der Waals surface area contributed by atoms with E-state index >= 15 is 0 Å². The first kappa shape index (κ1) is 15.2. The van der Waals surface area contributed by atoms with Gasteiger partial charge in [-0.25, -0.2) is 0 Å². The van der Waals surface area contributed by atoms with E-state index in [4.69, 9.17) is 9.26 Å². The molecular weight excluding hydrogens is 248 g/mol. The number of ether oxygens (including phenoxy) is 1. The molecule has 19 heavy (non-hydrogen) atoms. The van der Waals surface area contributed by atoms with Crippen LogP contribution in [0.2, 0.25) is 0 Å². The third kappa shape index (κ3) is 5.11. The van der Waals surface area contributed by atoms with Crippen molar-refractivity contribution in [2.24, 2.45) is 0 Å². The van der Waals surface area contributed by atoms with Gasteiger partial charge in [0.1, 0.15) is 5.76 Å². The molecule has 0 aliphatic rings. The molecule has 0 atom stereocenters. The summed E-state index contributed by atoms with van der Waals surface area (Å²) < 4.78 is 9.78. The van der Waals surface area contributed by atoms with Gasteiger partial charge in [0.2, 0.25) is 5.91 Å². The summed E-state index contributed by atoms with van der Waals surface area (Å²) in [5.74, 6) is 0.333. The summed E-state index contributed by atoms with van der Waals surface area (Å²) in [6.07, 6.45) is 1.15. The van der Waals surface area contributed by atoms with E-state index in [1.165, 1.54) is 0 Å². The highest BCUT2D eigenvalue weighted by atomic mass is 16.5. The molecule has 0 aliphatic heterocycles. The number of esters is 1. The number of amides is 1. The van der Waals surface area contributed by atoms with Crippen LogP contribution in [0.15, 0.2) is 4.52 Å². The molecule has 1 N–H and O–H groups in total. The van der Waals surface area contributed by atoms with Crippen molar-refractivity contribution in [1.29, 1.82) is 0 Å². The Labute approximate surface area is 112 Å². The zero-order chi connectivity index (χ0) is 14.3. The van der Waals surface area contributed by atoms with Crippen molar-refractivity contribution in [3.8, 4) is 0 Å². The van der Waals surface area contributed by atoms with Crippen molar-refractivity contribution < 1.29 is 18.8 Å². The lowest BCUT2D eigenvalue weighted by molar-refractivity contribution is -0.143. The molecule has 0 aromatic carbocycles. The number of nitrogens with zero attached hydrogens (tertiary/aromatic N) is 1. The zero-order valence-corrected chi connectivity index (χ0v) is 11.6. The molecule has 6 heteroatoms. The van der Waals surface area contributed by atoms with Crippen LogP contribution in [0.25, 0.3) is 0 Å². The van der Waals surface area contributed by atoms with Crippen LogP contribution in [0.4, 0.5) is 0 Å². The largest absolute Gasteiger partial charge is 0.466 e. The first-order valence-electron chi connectivity index (χ1n) is 6.38. The molecule has 0 saturated carbocycles. The van der Waals surface area contributed by atoms with Gasteiger partial charge in [-0.2, -0.15) is 0 Å². The minimum absolute atomic E-state index is 0.0988. The summed E-state index contributed by atoms with van der Waals surface area (Å²) in [5.41, 5.74) is 1.56. The number of aryl methyl sites for hydroxylation is 2. The molecule has 1 rings (SSSR count). The average molecular weight is 268 g/mol. The molecule has 1 amide bonds. The molecular formula is C13H20N2O4. The molecule has 1 aromatic rings.